The zero-order valence-electron chi connectivity index (χ0n) is 10.1. The molecule has 1 saturated carbocycles. The van der Waals surface area contributed by atoms with Gasteiger partial charge in [-0.15, -0.1) is 0 Å². The van der Waals surface area contributed by atoms with Gasteiger partial charge in [-0.2, -0.15) is 0 Å². The van der Waals surface area contributed by atoms with Gasteiger partial charge in [-0.05, 0) is 30.4 Å². The number of amides is 1. The minimum atomic E-state index is -0.798. The molecule has 1 fully saturated rings. The molecule has 0 aromatic carbocycles. The van der Waals surface area contributed by atoms with Crippen molar-refractivity contribution in [3.05, 3.63) is 30.1 Å². The number of aromatic nitrogens is 1. The van der Waals surface area contributed by atoms with Crippen LogP contribution in [0.5, 0.6) is 0 Å². The summed E-state index contributed by atoms with van der Waals surface area (Å²) in [6.45, 7) is 0.431. The van der Waals surface area contributed by atoms with Crippen LogP contribution in [0.4, 0.5) is 0 Å². The average molecular weight is 248 g/mol. The molecule has 1 aromatic heterocycles. The molecular formula is C13H16N2O3. The van der Waals surface area contributed by atoms with E-state index in [1.165, 1.54) is 0 Å². The maximum atomic E-state index is 11.8. The highest BCUT2D eigenvalue weighted by Crippen LogP contribution is 2.43. The van der Waals surface area contributed by atoms with E-state index in [-0.39, 0.29) is 17.7 Å². The Hall–Kier alpha value is -1.91. The average Bonchev–Trinajstić information content (AvgIpc) is 2.32. The first-order valence-electron chi connectivity index (χ1n) is 6.01. The van der Waals surface area contributed by atoms with E-state index >= 15 is 0 Å². The minimum Gasteiger partial charge on any atom is -0.481 e. The molecule has 0 unspecified atom stereocenters. The van der Waals surface area contributed by atoms with E-state index in [1.807, 2.05) is 0 Å². The summed E-state index contributed by atoms with van der Waals surface area (Å²) in [5.41, 5.74) is 0.309. The molecule has 5 heteroatoms. The van der Waals surface area contributed by atoms with Crippen LogP contribution in [0, 0.1) is 5.41 Å². The summed E-state index contributed by atoms with van der Waals surface area (Å²) in [5, 5.41) is 11.7. The van der Waals surface area contributed by atoms with Gasteiger partial charge in [0.15, 0.2) is 0 Å². The lowest BCUT2D eigenvalue weighted by Gasteiger charge is -2.40. The lowest BCUT2D eigenvalue weighted by atomic mass is 9.66. The van der Waals surface area contributed by atoms with E-state index in [4.69, 9.17) is 5.11 Å². The number of carbonyl (C=O) groups excluding carboxylic acids is 1. The Kier molecular flexibility index (Phi) is 3.60. The molecule has 1 aliphatic carbocycles. The predicted octanol–water partition coefficient (Wildman–Crippen LogP) is 1.46. The molecule has 5 nitrogen and oxygen atoms in total. The molecular weight excluding hydrogens is 232 g/mol. The number of aliphatic carboxylic acids is 1. The van der Waals surface area contributed by atoms with Crippen molar-refractivity contribution in [1.29, 1.82) is 0 Å². The van der Waals surface area contributed by atoms with Crippen LogP contribution >= 0.6 is 0 Å². The fraction of sp³-hybridized carbons (Fsp3) is 0.462. The van der Waals surface area contributed by atoms with Gasteiger partial charge in [0.25, 0.3) is 5.91 Å². The van der Waals surface area contributed by atoms with Crippen molar-refractivity contribution in [2.45, 2.75) is 25.7 Å². The lowest BCUT2D eigenvalue weighted by molar-refractivity contribution is -0.141. The Morgan fingerprint density at radius 1 is 1.33 bits per heavy atom. The Labute approximate surface area is 105 Å². The monoisotopic (exact) mass is 248 g/mol. The Morgan fingerprint density at radius 2 is 2.00 bits per heavy atom. The Bertz CT molecular complexity index is 441. The van der Waals surface area contributed by atoms with Crippen molar-refractivity contribution in [1.82, 2.24) is 10.3 Å². The molecule has 0 bridgehead atoms. The van der Waals surface area contributed by atoms with Gasteiger partial charge in [-0.3, -0.25) is 14.6 Å². The molecule has 2 rings (SSSR count). The first-order chi connectivity index (χ1) is 8.61. The van der Waals surface area contributed by atoms with Crippen molar-refractivity contribution in [3.8, 4) is 0 Å². The summed E-state index contributed by atoms with van der Waals surface area (Å²) >= 11 is 0. The number of hydrogen-bond acceptors (Lipinski definition) is 3. The third kappa shape index (κ3) is 2.85. The highest BCUT2D eigenvalue weighted by Gasteiger charge is 2.39. The minimum absolute atomic E-state index is 0.129. The molecule has 18 heavy (non-hydrogen) atoms. The Balaban J connectivity index is 1.91. The molecule has 1 heterocycles. The summed E-state index contributed by atoms with van der Waals surface area (Å²) in [4.78, 5) is 26.5. The van der Waals surface area contributed by atoms with Crippen LogP contribution in [0.25, 0.3) is 0 Å². The quantitative estimate of drug-likeness (QED) is 0.826. The van der Waals surface area contributed by atoms with Gasteiger partial charge in [0.05, 0.1) is 6.42 Å². The van der Waals surface area contributed by atoms with E-state index < -0.39 is 5.97 Å². The zero-order chi connectivity index (χ0) is 13.0. The van der Waals surface area contributed by atoms with E-state index in [0.29, 0.717) is 12.1 Å². The second-order valence-electron chi connectivity index (χ2n) is 4.84. The van der Waals surface area contributed by atoms with E-state index in [1.54, 1.807) is 24.5 Å². The van der Waals surface area contributed by atoms with Gasteiger partial charge >= 0.3 is 5.97 Å². The van der Waals surface area contributed by atoms with Crippen LogP contribution in [0.15, 0.2) is 24.5 Å². The number of carboxylic acid groups (broad SMARTS) is 1. The van der Waals surface area contributed by atoms with Gasteiger partial charge in [0.1, 0.15) is 0 Å². The molecule has 0 saturated heterocycles. The summed E-state index contributed by atoms with van der Waals surface area (Å²) in [7, 11) is 0. The highest BCUT2D eigenvalue weighted by atomic mass is 16.4. The number of pyridine rings is 1. The number of rotatable bonds is 5. The first-order valence-corrected chi connectivity index (χ1v) is 6.01. The van der Waals surface area contributed by atoms with Crippen molar-refractivity contribution >= 4 is 11.9 Å². The molecule has 2 N–H and O–H groups in total. The molecule has 0 aliphatic heterocycles. The largest absolute Gasteiger partial charge is 0.481 e. The number of hydrogen-bond donors (Lipinski definition) is 2. The van der Waals surface area contributed by atoms with Gasteiger partial charge in [-0.25, -0.2) is 0 Å². The maximum absolute atomic E-state index is 11.8. The lowest BCUT2D eigenvalue weighted by Crippen LogP contribution is -2.43. The van der Waals surface area contributed by atoms with Gasteiger partial charge < -0.3 is 10.4 Å². The van der Waals surface area contributed by atoms with Crippen LogP contribution in [0.1, 0.15) is 36.0 Å². The topological polar surface area (TPSA) is 79.3 Å². The van der Waals surface area contributed by atoms with Crippen LogP contribution in [-0.4, -0.2) is 28.5 Å². The summed E-state index contributed by atoms with van der Waals surface area (Å²) in [6, 6.07) is 3.28. The predicted molar refractivity (Wildman–Crippen MR) is 65.1 cm³/mol. The van der Waals surface area contributed by atoms with Gasteiger partial charge in [0, 0.05) is 24.5 Å². The number of nitrogens with one attached hydrogen (secondary N) is 1. The molecule has 0 spiro atoms. The summed E-state index contributed by atoms with van der Waals surface area (Å²) < 4.78 is 0. The van der Waals surface area contributed by atoms with Gasteiger partial charge in [-0.1, -0.05) is 6.42 Å². The number of carboxylic acids is 1. The molecule has 1 aliphatic rings. The van der Waals surface area contributed by atoms with Crippen molar-refractivity contribution in [2.24, 2.45) is 5.41 Å². The third-order valence-corrected chi connectivity index (χ3v) is 3.51. The maximum Gasteiger partial charge on any atom is 0.303 e. The van der Waals surface area contributed by atoms with Crippen LogP contribution in [-0.2, 0) is 4.79 Å². The first kappa shape index (κ1) is 12.5. The second kappa shape index (κ2) is 5.16. The summed E-state index contributed by atoms with van der Waals surface area (Å²) in [6.07, 6.45) is 6.03. The Morgan fingerprint density at radius 3 is 2.50 bits per heavy atom. The van der Waals surface area contributed by atoms with Gasteiger partial charge in [0.2, 0.25) is 0 Å². The number of carbonyl (C=O) groups is 2. The van der Waals surface area contributed by atoms with Crippen molar-refractivity contribution in [3.63, 3.8) is 0 Å². The third-order valence-electron chi connectivity index (χ3n) is 3.51. The smallest absolute Gasteiger partial charge is 0.303 e. The van der Waals surface area contributed by atoms with E-state index in [9.17, 15) is 9.59 Å². The molecule has 0 atom stereocenters. The number of nitrogens with zero attached hydrogens (tertiary/aromatic N) is 1. The van der Waals surface area contributed by atoms with Crippen molar-refractivity contribution in [2.75, 3.05) is 6.54 Å². The van der Waals surface area contributed by atoms with Crippen LogP contribution in [0.2, 0.25) is 0 Å². The zero-order valence-corrected chi connectivity index (χ0v) is 10.1. The molecule has 96 valence electrons. The van der Waals surface area contributed by atoms with E-state index in [0.717, 1.165) is 19.3 Å². The van der Waals surface area contributed by atoms with Crippen molar-refractivity contribution < 1.29 is 14.7 Å². The molecule has 1 amide bonds. The molecule has 1 aromatic rings. The summed E-state index contributed by atoms with van der Waals surface area (Å²) in [5.74, 6) is -0.970. The highest BCUT2D eigenvalue weighted by molar-refractivity contribution is 5.94. The SMILES string of the molecule is O=C(O)CC1(CNC(=O)c2ccncc2)CCC1. The van der Waals surface area contributed by atoms with Crippen LogP contribution < -0.4 is 5.32 Å². The normalized spacial score (nSPS) is 16.7. The van der Waals surface area contributed by atoms with Crippen LogP contribution in [0.3, 0.4) is 0 Å². The van der Waals surface area contributed by atoms with E-state index in [2.05, 4.69) is 10.3 Å². The standard InChI is InChI=1S/C13H16N2O3/c16-11(17)8-13(4-1-5-13)9-15-12(18)10-2-6-14-7-3-10/h2-3,6-7H,1,4-5,8-9H2,(H,15,18)(H,16,17). The molecule has 0 radical (unpaired) electrons. The fourth-order valence-corrected chi connectivity index (χ4v) is 2.29. The second-order valence-corrected chi connectivity index (χ2v) is 4.84. The fourth-order valence-electron chi connectivity index (χ4n) is 2.29.